The van der Waals surface area contributed by atoms with Crippen molar-refractivity contribution in [3.63, 3.8) is 0 Å². The van der Waals surface area contributed by atoms with E-state index < -0.39 is 11.7 Å². The second-order valence-corrected chi connectivity index (χ2v) is 7.14. The van der Waals surface area contributed by atoms with Gasteiger partial charge in [0.15, 0.2) is 0 Å². The summed E-state index contributed by atoms with van der Waals surface area (Å²) in [6.45, 7) is 2.04. The predicted octanol–water partition coefficient (Wildman–Crippen LogP) is 4.27. The third kappa shape index (κ3) is 2.57. The van der Waals surface area contributed by atoms with Crippen LogP contribution in [-0.4, -0.2) is 10.5 Å². The topological polar surface area (TPSA) is 51.1 Å². The second-order valence-electron chi connectivity index (χ2n) is 6.23. The SMILES string of the molecule is C[C@H]1Cc2cc(Br)cc3c(=O)c(C(=O)Nc4ccccc4F)cn1c23. The summed E-state index contributed by atoms with van der Waals surface area (Å²) in [7, 11) is 0. The van der Waals surface area contributed by atoms with E-state index in [1.165, 1.54) is 18.2 Å². The van der Waals surface area contributed by atoms with Crippen LogP contribution in [0.2, 0.25) is 0 Å². The van der Waals surface area contributed by atoms with Gasteiger partial charge in [0.1, 0.15) is 11.4 Å². The molecule has 1 aliphatic heterocycles. The summed E-state index contributed by atoms with van der Waals surface area (Å²) >= 11 is 3.43. The lowest BCUT2D eigenvalue weighted by molar-refractivity contribution is 0.102. The van der Waals surface area contributed by atoms with Crippen molar-refractivity contribution in [2.24, 2.45) is 0 Å². The summed E-state index contributed by atoms with van der Waals surface area (Å²) in [5.41, 5.74) is 1.65. The average molecular weight is 401 g/mol. The van der Waals surface area contributed by atoms with Gasteiger partial charge in [0, 0.05) is 22.1 Å². The molecule has 1 aliphatic rings. The lowest BCUT2D eigenvalue weighted by atomic mass is 10.1. The van der Waals surface area contributed by atoms with E-state index in [-0.39, 0.29) is 22.7 Å². The van der Waals surface area contributed by atoms with Crippen LogP contribution in [0.1, 0.15) is 28.9 Å². The summed E-state index contributed by atoms with van der Waals surface area (Å²) in [5.74, 6) is -1.15. The number of rotatable bonds is 2. The van der Waals surface area contributed by atoms with Crippen molar-refractivity contribution in [1.82, 2.24) is 4.57 Å². The highest BCUT2D eigenvalue weighted by Crippen LogP contribution is 2.33. The molecule has 4 nitrogen and oxygen atoms in total. The highest BCUT2D eigenvalue weighted by molar-refractivity contribution is 9.10. The van der Waals surface area contributed by atoms with E-state index in [0.29, 0.717) is 5.39 Å². The molecule has 6 heteroatoms. The molecule has 2 heterocycles. The fourth-order valence-corrected chi connectivity index (χ4v) is 3.88. The number of amides is 1. The molecular formula is C19H14BrFN2O2. The molecule has 1 N–H and O–H groups in total. The molecule has 1 amide bonds. The number of hydrogen-bond donors (Lipinski definition) is 1. The molecule has 126 valence electrons. The molecule has 1 atom stereocenters. The van der Waals surface area contributed by atoms with E-state index in [2.05, 4.69) is 21.2 Å². The number of pyridine rings is 1. The number of aromatic nitrogens is 1. The molecule has 0 spiro atoms. The van der Waals surface area contributed by atoms with Crippen LogP contribution < -0.4 is 10.7 Å². The molecule has 2 aromatic carbocycles. The van der Waals surface area contributed by atoms with Crippen molar-refractivity contribution in [3.05, 3.63) is 74.2 Å². The van der Waals surface area contributed by atoms with Crippen molar-refractivity contribution in [2.45, 2.75) is 19.4 Å². The van der Waals surface area contributed by atoms with Gasteiger partial charge in [-0.25, -0.2) is 4.39 Å². The third-order valence-electron chi connectivity index (χ3n) is 4.53. The van der Waals surface area contributed by atoms with Gasteiger partial charge in [0.25, 0.3) is 5.91 Å². The summed E-state index contributed by atoms with van der Waals surface area (Å²) in [6, 6.07) is 9.76. The van der Waals surface area contributed by atoms with Crippen LogP contribution in [0.3, 0.4) is 0 Å². The third-order valence-corrected chi connectivity index (χ3v) is 4.98. The van der Waals surface area contributed by atoms with E-state index in [0.717, 1.165) is 22.0 Å². The molecule has 4 rings (SSSR count). The number of nitrogens with zero attached hydrogens (tertiary/aromatic N) is 1. The Bertz CT molecular complexity index is 1090. The summed E-state index contributed by atoms with van der Waals surface area (Å²) < 4.78 is 16.5. The number of halogens is 2. The Kier molecular flexibility index (Phi) is 3.72. The molecule has 0 saturated carbocycles. The van der Waals surface area contributed by atoms with Crippen LogP contribution in [0, 0.1) is 5.82 Å². The first-order valence-electron chi connectivity index (χ1n) is 7.89. The molecule has 1 aromatic heterocycles. The number of para-hydroxylation sites is 1. The Morgan fingerprint density at radius 1 is 1.32 bits per heavy atom. The van der Waals surface area contributed by atoms with Gasteiger partial charge in [0.2, 0.25) is 5.43 Å². The number of carbonyl (C=O) groups is 1. The number of carbonyl (C=O) groups excluding carboxylic acids is 1. The van der Waals surface area contributed by atoms with Crippen LogP contribution in [-0.2, 0) is 6.42 Å². The number of anilines is 1. The van der Waals surface area contributed by atoms with Gasteiger partial charge in [0.05, 0.1) is 11.2 Å². The molecule has 3 aromatic rings. The van der Waals surface area contributed by atoms with Crippen molar-refractivity contribution in [3.8, 4) is 0 Å². The first-order chi connectivity index (χ1) is 12.0. The minimum Gasteiger partial charge on any atom is -0.343 e. The largest absolute Gasteiger partial charge is 0.343 e. The van der Waals surface area contributed by atoms with E-state index in [9.17, 15) is 14.0 Å². The Labute approximate surface area is 151 Å². The first-order valence-corrected chi connectivity index (χ1v) is 8.68. The molecule has 0 bridgehead atoms. The fraction of sp³-hybridized carbons (Fsp3) is 0.158. The van der Waals surface area contributed by atoms with Crippen molar-refractivity contribution < 1.29 is 9.18 Å². The van der Waals surface area contributed by atoms with Crippen molar-refractivity contribution in [1.29, 1.82) is 0 Å². The first kappa shape index (κ1) is 16.0. The van der Waals surface area contributed by atoms with Gasteiger partial charge in [-0.2, -0.15) is 0 Å². The van der Waals surface area contributed by atoms with Crippen LogP contribution >= 0.6 is 15.9 Å². The van der Waals surface area contributed by atoms with E-state index in [1.54, 1.807) is 18.3 Å². The number of hydrogen-bond acceptors (Lipinski definition) is 2. The van der Waals surface area contributed by atoms with Gasteiger partial charge in [-0.3, -0.25) is 9.59 Å². The number of benzene rings is 2. The van der Waals surface area contributed by atoms with Gasteiger partial charge >= 0.3 is 0 Å². The van der Waals surface area contributed by atoms with Gasteiger partial charge in [-0.1, -0.05) is 28.1 Å². The maximum absolute atomic E-state index is 13.8. The lowest BCUT2D eigenvalue weighted by Crippen LogP contribution is -2.24. The molecule has 25 heavy (non-hydrogen) atoms. The molecule has 0 radical (unpaired) electrons. The molecule has 0 aliphatic carbocycles. The Morgan fingerprint density at radius 3 is 2.84 bits per heavy atom. The molecule has 0 saturated heterocycles. The van der Waals surface area contributed by atoms with Crippen molar-refractivity contribution >= 4 is 38.4 Å². The van der Waals surface area contributed by atoms with E-state index in [4.69, 9.17) is 0 Å². The Morgan fingerprint density at radius 2 is 2.08 bits per heavy atom. The smallest absolute Gasteiger partial charge is 0.261 e. The monoisotopic (exact) mass is 400 g/mol. The van der Waals surface area contributed by atoms with Crippen LogP contribution in [0.5, 0.6) is 0 Å². The maximum Gasteiger partial charge on any atom is 0.261 e. The standard InChI is InChI=1S/C19H14BrFN2O2/c1-10-6-11-7-12(20)8-13-17(11)23(10)9-14(18(13)24)19(25)22-16-5-3-2-4-15(16)21/h2-5,7-10H,6H2,1H3,(H,22,25)/t10-/m0/s1. The summed E-state index contributed by atoms with van der Waals surface area (Å²) in [5, 5.41) is 2.99. The predicted molar refractivity (Wildman–Crippen MR) is 98.7 cm³/mol. The van der Waals surface area contributed by atoms with Gasteiger partial charge < -0.3 is 9.88 Å². The lowest BCUT2D eigenvalue weighted by Gasteiger charge is -2.13. The highest BCUT2D eigenvalue weighted by atomic mass is 79.9. The van der Waals surface area contributed by atoms with Gasteiger partial charge in [-0.15, -0.1) is 0 Å². The van der Waals surface area contributed by atoms with Gasteiger partial charge in [-0.05, 0) is 43.2 Å². The minimum absolute atomic E-state index is 0.00792. The number of nitrogens with one attached hydrogen (secondary N) is 1. The minimum atomic E-state index is -0.610. The summed E-state index contributed by atoms with van der Waals surface area (Å²) in [6.07, 6.45) is 2.38. The summed E-state index contributed by atoms with van der Waals surface area (Å²) in [4.78, 5) is 25.5. The average Bonchev–Trinajstić information content (AvgIpc) is 2.88. The van der Waals surface area contributed by atoms with Crippen molar-refractivity contribution in [2.75, 3.05) is 5.32 Å². The molecular weight excluding hydrogens is 387 g/mol. The molecule has 0 fully saturated rings. The zero-order valence-electron chi connectivity index (χ0n) is 13.3. The van der Waals surface area contributed by atoms with E-state index >= 15 is 0 Å². The molecule has 0 unspecified atom stereocenters. The Balaban J connectivity index is 1.87. The van der Waals surface area contributed by atoms with Crippen LogP contribution in [0.4, 0.5) is 10.1 Å². The van der Waals surface area contributed by atoms with Crippen LogP contribution in [0.15, 0.2) is 51.9 Å². The maximum atomic E-state index is 13.8. The zero-order chi connectivity index (χ0) is 17.7. The fourth-order valence-electron chi connectivity index (χ4n) is 3.37. The van der Waals surface area contributed by atoms with E-state index in [1.807, 2.05) is 17.6 Å². The second kappa shape index (κ2) is 5.81. The zero-order valence-corrected chi connectivity index (χ0v) is 14.9. The highest BCUT2D eigenvalue weighted by Gasteiger charge is 2.25. The Hall–Kier alpha value is -2.47. The quantitative estimate of drug-likeness (QED) is 0.697. The normalized spacial score (nSPS) is 15.6. The van der Waals surface area contributed by atoms with Crippen LogP contribution in [0.25, 0.3) is 10.9 Å².